The van der Waals surface area contributed by atoms with E-state index in [9.17, 15) is 19.7 Å². The van der Waals surface area contributed by atoms with Crippen LogP contribution in [-0.2, 0) is 9.59 Å². The molecule has 8 nitrogen and oxygen atoms in total. The third kappa shape index (κ3) is 5.78. The van der Waals surface area contributed by atoms with Gasteiger partial charge in [0.15, 0.2) is 0 Å². The van der Waals surface area contributed by atoms with E-state index in [1.165, 1.54) is 11.0 Å². The monoisotopic (exact) mass is 309 g/mol. The Kier molecular flexibility index (Phi) is 6.81. The standard InChI is InChI=1S/C14H19N3O5/c1-16(11-6-2-3-7-12(11)17(21)22)10-13(18)15-9-5-4-8-14(19)20/h2-3,6-7H,4-5,8-10H2,1H3,(H,15,18)(H,19,20). The predicted molar refractivity (Wildman–Crippen MR) is 80.9 cm³/mol. The fourth-order valence-corrected chi connectivity index (χ4v) is 1.93. The van der Waals surface area contributed by atoms with E-state index in [2.05, 4.69) is 5.32 Å². The van der Waals surface area contributed by atoms with E-state index < -0.39 is 10.9 Å². The van der Waals surface area contributed by atoms with Crippen molar-refractivity contribution >= 4 is 23.3 Å². The number of carboxylic acid groups (broad SMARTS) is 1. The second-order valence-corrected chi connectivity index (χ2v) is 4.80. The number of carbonyl (C=O) groups excluding carboxylic acids is 1. The fraction of sp³-hybridized carbons (Fsp3) is 0.429. The van der Waals surface area contributed by atoms with Gasteiger partial charge in [0.2, 0.25) is 5.91 Å². The summed E-state index contributed by atoms with van der Waals surface area (Å²) in [4.78, 5) is 34.1. The number of benzene rings is 1. The molecule has 1 amide bonds. The number of likely N-dealkylation sites (N-methyl/N-ethyl adjacent to an activating group) is 1. The van der Waals surface area contributed by atoms with Crippen LogP contribution in [0.15, 0.2) is 24.3 Å². The second kappa shape index (κ2) is 8.60. The summed E-state index contributed by atoms with van der Waals surface area (Å²) in [5, 5.41) is 22.1. The molecule has 1 aromatic rings. The van der Waals surface area contributed by atoms with Gasteiger partial charge in [-0.15, -0.1) is 0 Å². The first-order valence-electron chi connectivity index (χ1n) is 6.85. The summed E-state index contributed by atoms with van der Waals surface area (Å²) in [6.45, 7) is 0.376. The molecule has 2 N–H and O–H groups in total. The molecule has 0 radical (unpaired) electrons. The maximum atomic E-state index is 11.8. The van der Waals surface area contributed by atoms with Crippen LogP contribution in [0.2, 0.25) is 0 Å². The van der Waals surface area contributed by atoms with Gasteiger partial charge in [-0.25, -0.2) is 0 Å². The molecule has 0 saturated heterocycles. The zero-order valence-electron chi connectivity index (χ0n) is 12.3. The third-order valence-corrected chi connectivity index (χ3v) is 3.01. The highest BCUT2D eigenvalue weighted by molar-refractivity contribution is 5.82. The van der Waals surface area contributed by atoms with Crippen molar-refractivity contribution in [3.63, 3.8) is 0 Å². The van der Waals surface area contributed by atoms with E-state index in [0.717, 1.165) is 0 Å². The summed E-state index contributed by atoms with van der Waals surface area (Å²) in [6, 6.07) is 6.20. The Labute approximate surface area is 127 Å². The first kappa shape index (κ1) is 17.4. The molecule has 22 heavy (non-hydrogen) atoms. The van der Waals surface area contributed by atoms with Crippen molar-refractivity contribution in [1.82, 2.24) is 5.32 Å². The maximum Gasteiger partial charge on any atom is 0.303 e. The number of hydrogen-bond donors (Lipinski definition) is 2. The highest BCUT2D eigenvalue weighted by Gasteiger charge is 2.17. The number of carboxylic acids is 1. The van der Waals surface area contributed by atoms with Gasteiger partial charge in [-0.1, -0.05) is 12.1 Å². The van der Waals surface area contributed by atoms with Crippen molar-refractivity contribution in [1.29, 1.82) is 0 Å². The number of carbonyl (C=O) groups is 2. The molecule has 0 spiro atoms. The lowest BCUT2D eigenvalue weighted by atomic mass is 10.2. The maximum absolute atomic E-state index is 11.8. The van der Waals surface area contributed by atoms with Gasteiger partial charge in [-0.05, 0) is 18.9 Å². The molecule has 120 valence electrons. The van der Waals surface area contributed by atoms with Gasteiger partial charge in [0.05, 0.1) is 11.5 Å². The van der Waals surface area contributed by atoms with Crippen LogP contribution in [0.5, 0.6) is 0 Å². The van der Waals surface area contributed by atoms with Gasteiger partial charge >= 0.3 is 5.97 Å². The highest BCUT2D eigenvalue weighted by Crippen LogP contribution is 2.26. The fourth-order valence-electron chi connectivity index (χ4n) is 1.93. The molecule has 0 fully saturated rings. The number of nitrogens with zero attached hydrogens (tertiary/aromatic N) is 2. The topological polar surface area (TPSA) is 113 Å². The number of hydrogen-bond acceptors (Lipinski definition) is 5. The molecule has 1 rings (SSSR count). The number of nitro benzene ring substituents is 1. The first-order valence-corrected chi connectivity index (χ1v) is 6.85. The Morgan fingerprint density at radius 2 is 2.00 bits per heavy atom. The summed E-state index contributed by atoms with van der Waals surface area (Å²) >= 11 is 0. The third-order valence-electron chi connectivity index (χ3n) is 3.01. The van der Waals surface area contributed by atoms with Gasteiger partial charge in [0.25, 0.3) is 5.69 Å². The van der Waals surface area contributed by atoms with E-state index in [4.69, 9.17) is 5.11 Å². The Hall–Kier alpha value is -2.64. The van der Waals surface area contributed by atoms with Gasteiger partial charge in [-0.2, -0.15) is 0 Å². The molecule has 0 bridgehead atoms. The number of para-hydroxylation sites is 2. The Morgan fingerprint density at radius 1 is 1.32 bits per heavy atom. The van der Waals surface area contributed by atoms with Crippen LogP contribution in [-0.4, -0.2) is 42.0 Å². The van der Waals surface area contributed by atoms with E-state index in [1.54, 1.807) is 25.2 Å². The van der Waals surface area contributed by atoms with Crippen LogP contribution in [0, 0.1) is 10.1 Å². The lowest BCUT2D eigenvalue weighted by molar-refractivity contribution is -0.384. The summed E-state index contributed by atoms with van der Waals surface area (Å²) in [5.74, 6) is -1.13. The number of aliphatic carboxylic acids is 1. The van der Waals surface area contributed by atoms with E-state index in [1.807, 2.05) is 0 Å². The highest BCUT2D eigenvalue weighted by atomic mass is 16.6. The Balaban J connectivity index is 2.44. The SMILES string of the molecule is CN(CC(=O)NCCCCC(=O)O)c1ccccc1[N+](=O)[O-]. The normalized spacial score (nSPS) is 10.0. The molecule has 0 aliphatic carbocycles. The largest absolute Gasteiger partial charge is 0.481 e. The minimum Gasteiger partial charge on any atom is -0.481 e. The van der Waals surface area contributed by atoms with Crippen molar-refractivity contribution in [2.75, 3.05) is 25.0 Å². The van der Waals surface area contributed by atoms with Crippen LogP contribution in [0.4, 0.5) is 11.4 Å². The average molecular weight is 309 g/mol. The summed E-state index contributed by atoms with van der Waals surface area (Å²) in [6.07, 6.45) is 1.15. The minimum absolute atomic E-state index is 0.0101. The molecule has 0 aromatic heterocycles. The number of anilines is 1. The van der Waals surface area contributed by atoms with Gasteiger partial charge in [-0.3, -0.25) is 19.7 Å². The molecule has 0 aliphatic rings. The molecule has 8 heteroatoms. The minimum atomic E-state index is -0.859. The van der Waals surface area contributed by atoms with Gasteiger partial charge in [0.1, 0.15) is 5.69 Å². The number of unbranched alkanes of at least 4 members (excludes halogenated alkanes) is 1. The first-order chi connectivity index (χ1) is 10.4. The van der Waals surface area contributed by atoms with E-state index >= 15 is 0 Å². The summed E-state index contributed by atoms with van der Waals surface area (Å²) in [7, 11) is 1.60. The van der Waals surface area contributed by atoms with Crippen LogP contribution < -0.4 is 10.2 Å². The molecule has 0 atom stereocenters. The van der Waals surface area contributed by atoms with Crippen molar-refractivity contribution < 1.29 is 19.6 Å². The Bertz CT molecular complexity index is 547. The van der Waals surface area contributed by atoms with Crippen LogP contribution in [0.3, 0.4) is 0 Å². The van der Waals surface area contributed by atoms with Crippen molar-refractivity contribution in [2.45, 2.75) is 19.3 Å². The number of rotatable bonds is 9. The van der Waals surface area contributed by atoms with Crippen molar-refractivity contribution in [2.24, 2.45) is 0 Å². The van der Waals surface area contributed by atoms with E-state index in [0.29, 0.717) is 25.1 Å². The quantitative estimate of drug-likeness (QED) is 0.405. The molecule has 0 unspecified atom stereocenters. The van der Waals surface area contributed by atoms with Crippen LogP contribution in [0.25, 0.3) is 0 Å². The zero-order chi connectivity index (χ0) is 16.5. The van der Waals surface area contributed by atoms with Crippen LogP contribution >= 0.6 is 0 Å². The smallest absolute Gasteiger partial charge is 0.303 e. The van der Waals surface area contributed by atoms with Gasteiger partial charge < -0.3 is 15.3 Å². The molecule has 1 aromatic carbocycles. The van der Waals surface area contributed by atoms with Crippen molar-refractivity contribution in [3.8, 4) is 0 Å². The lowest BCUT2D eigenvalue weighted by Gasteiger charge is -2.18. The molecular weight excluding hydrogens is 290 g/mol. The molecule has 0 saturated carbocycles. The number of amides is 1. The number of nitro groups is 1. The van der Waals surface area contributed by atoms with Crippen molar-refractivity contribution in [3.05, 3.63) is 34.4 Å². The van der Waals surface area contributed by atoms with E-state index in [-0.39, 0.29) is 24.6 Å². The second-order valence-electron chi connectivity index (χ2n) is 4.80. The van der Waals surface area contributed by atoms with Gasteiger partial charge in [0, 0.05) is 26.1 Å². The Morgan fingerprint density at radius 3 is 2.64 bits per heavy atom. The number of nitrogens with one attached hydrogen (secondary N) is 1. The average Bonchev–Trinajstić information content (AvgIpc) is 2.46. The zero-order valence-corrected chi connectivity index (χ0v) is 12.3. The summed E-state index contributed by atoms with van der Waals surface area (Å²) < 4.78 is 0. The molecule has 0 heterocycles. The van der Waals surface area contributed by atoms with Crippen LogP contribution in [0.1, 0.15) is 19.3 Å². The lowest BCUT2D eigenvalue weighted by Crippen LogP contribution is -2.35. The molecule has 0 aliphatic heterocycles. The molecular formula is C14H19N3O5. The predicted octanol–water partition coefficient (Wildman–Crippen LogP) is 1.40. The summed E-state index contributed by atoms with van der Waals surface area (Å²) in [5.41, 5.74) is 0.313.